The fourth-order valence-corrected chi connectivity index (χ4v) is 6.72. The first-order valence-electron chi connectivity index (χ1n) is 16.7. The van der Waals surface area contributed by atoms with E-state index in [9.17, 15) is 0 Å². The smallest absolute Gasteiger partial charge is 0.164 e. The van der Waals surface area contributed by atoms with Crippen molar-refractivity contribution in [1.82, 2.24) is 15.0 Å². The van der Waals surface area contributed by atoms with E-state index in [0.29, 0.717) is 17.5 Å². The molecule has 0 radical (unpaired) electrons. The Bertz CT molecular complexity index is 2530. The van der Waals surface area contributed by atoms with Gasteiger partial charge >= 0.3 is 0 Å². The Morgan fingerprint density at radius 1 is 0.449 bits per heavy atom. The Balaban J connectivity index is 1.16. The molecule has 0 bridgehead atoms. The first-order valence-corrected chi connectivity index (χ1v) is 16.7. The van der Waals surface area contributed by atoms with Crippen molar-refractivity contribution in [3.63, 3.8) is 0 Å². The summed E-state index contributed by atoms with van der Waals surface area (Å²) in [5.74, 6) is 1.91. The number of aromatic nitrogens is 3. The van der Waals surface area contributed by atoms with Crippen molar-refractivity contribution in [3.8, 4) is 56.4 Å². The van der Waals surface area contributed by atoms with Gasteiger partial charge in [0, 0.05) is 27.5 Å². The zero-order valence-electron chi connectivity index (χ0n) is 26.8. The van der Waals surface area contributed by atoms with Crippen LogP contribution >= 0.6 is 0 Å². The minimum atomic E-state index is 0.627. The minimum Gasteiger partial charge on any atom is -0.456 e. The molecule has 0 aliphatic heterocycles. The molecule has 9 rings (SSSR count). The van der Waals surface area contributed by atoms with Gasteiger partial charge < -0.3 is 4.42 Å². The highest BCUT2D eigenvalue weighted by Gasteiger charge is 2.16. The monoisotopic (exact) mass is 629 g/mol. The Labute approximate surface area is 284 Å². The molecule has 2 aromatic heterocycles. The van der Waals surface area contributed by atoms with Crippen LogP contribution in [0.1, 0.15) is 18.4 Å². The van der Waals surface area contributed by atoms with Gasteiger partial charge in [-0.25, -0.2) is 15.0 Å². The summed E-state index contributed by atoms with van der Waals surface area (Å²) in [5, 5.41) is 2.21. The summed E-state index contributed by atoms with van der Waals surface area (Å²) in [6.07, 6.45) is 8.68. The van der Waals surface area contributed by atoms with E-state index in [0.717, 1.165) is 68.2 Å². The molecule has 0 atom stereocenters. The second-order valence-corrected chi connectivity index (χ2v) is 12.3. The van der Waals surface area contributed by atoms with E-state index in [4.69, 9.17) is 19.4 Å². The molecule has 0 amide bonds. The van der Waals surface area contributed by atoms with Gasteiger partial charge in [-0.3, -0.25) is 0 Å². The van der Waals surface area contributed by atoms with Gasteiger partial charge in [0.05, 0.1) is 0 Å². The van der Waals surface area contributed by atoms with Gasteiger partial charge in [0.1, 0.15) is 11.2 Å². The average molecular weight is 630 g/mol. The summed E-state index contributed by atoms with van der Waals surface area (Å²) in [4.78, 5) is 15.2. The highest BCUT2D eigenvalue weighted by molar-refractivity contribution is 6.12. The number of hydrogen-bond donors (Lipinski definition) is 0. The van der Waals surface area contributed by atoms with E-state index in [1.54, 1.807) is 0 Å². The van der Waals surface area contributed by atoms with Crippen molar-refractivity contribution < 1.29 is 4.42 Å². The molecule has 0 unspecified atom stereocenters. The van der Waals surface area contributed by atoms with E-state index < -0.39 is 0 Å². The molecule has 6 aromatic carbocycles. The topological polar surface area (TPSA) is 51.8 Å². The second-order valence-electron chi connectivity index (χ2n) is 12.3. The van der Waals surface area contributed by atoms with Crippen LogP contribution in [-0.2, 0) is 0 Å². The number of para-hydroxylation sites is 1. The highest BCUT2D eigenvalue weighted by Crippen LogP contribution is 2.38. The van der Waals surface area contributed by atoms with Crippen molar-refractivity contribution in [2.75, 3.05) is 0 Å². The molecule has 1 aliphatic carbocycles. The zero-order chi connectivity index (χ0) is 32.6. The van der Waals surface area contributed by atoms with Crippen molar-refractivity contribution in [3.05, 3.63) is 169 Å². The van der Waals surface area contributed by atoms with Crippen molar-refractivity contribution in [2.24, 2.45) is 0 Å². The van der Waals surface area contributed by atoms with Crippen LogP contribution in [0.25, 0.3) is 83.9 Å². The zero-order valence-corrected chi connectivity index (χ0v) is 26.8. The van der Waals surface area contributed by atoms with E-state index in [1.165, 1.54) is 16.7 Å². The third-order valence-electron chi connectivity index (χ3n) is 9.25. The van der Waals surface area contributed by atoms with Gasteiger partial charge in [-0.1, -0.05) is 146 Å². The molecule has 0 spiro atoms. The number of rotatable bonds is 6. The van der Waals surface area contributed by atoms with Crippen molar-refractivity contribution >= 4 is 27.5 Å². The van der Waals surface area contributed by atoms with Gasteiger partial charge in [-0.05, 0) is 64.4 Å². The lowest BCUT2D eigenvalue weighted by Gasteiger charge is -2.12. The van der Waals surface area contributed by atoms with Gasteiger partial charge in [0.25, 0.3) is 0 Å². The third-order valence-corrected chi connectivity index (χ3v) is 9.25. The first kappa shape index (κ1) is 28.8. The largest absolute Gasteiger partial charge is 0.456 e. The van der Waals surface area contributed by atoms with Crippen LogP contribution in [0.15, 0.2) is 168 Å². The van der Waals surface area contributed by atoms with Crippen molar-refractivity contribution in [2.45, 2.75) is 12.8 Å². The summed E-state index contributed by atoms with van der Waals surface area (Å²) in [6.45, 7) is 0. The van der Waals surface area contributed by atoms with Gasteiger partial charge in [-0.2, -0.15) is 0 Å². The Morgan fingerprint density at radius 2 is 1.02 bits per heavy atom. The van der Waals surface area contributed by atoms with E-state index in [-0.39, 0.29) is 0 Å². The van der Waals surface area contributed by atoms with Crippen LogP contribution in [0.4, 0.5) is 0 Å². The molecule has 0 fully saturated rings. The van der Waals surface area contributed by atoms with Crippen LogP contribution in [-0.4, -0.2) is 15.0 Å². The Morgan fingerprint density at radius 3 is 1.76 bits per heavy atom. The molecule has 8 aromatic rings. The molecule has 4 nitrogen and oxygen atoms in total. The summed E-state index contributed by atoms with van der Waals surface area (Å²) >= 11 is 0. The van der Waals surface area contributed by atoms with Crippen LogP contribution in [0.5, 0.6) is 0 Å². The number of allylic oxidation sites excluding steroid dienone is 4. The standard InChI is InChI=1S/C45H31N3O/c1-3-11-30(12-4-1)32-21-25-34(26-22-32)43-46-44(35-27-23-33(24-28-35)31-13-5-2-6-14-31)48-45(47-43)37-16-9-15-36(29-37)38-18-10-20-41-42(38)39-17-7-8-19-40(39)49-41/h1-5,7-13,15-29H,6,14H2. The molecule has 49 heavy (non-hydrogen) atoms. The number of fused-ring (bicyclic) bond motifs is 3. The second kappa shape index (κ2) is 12.3. The molecule has 0 saturated heterocycles. The molecule has 2 heterocycles. The quantitative estimate of drug-likeness (QED) is 0.184. The number of furan rings is 1. The van der Waals surface area contributed by atoms with Crippen LogP contribution in [0, 0.1) is 0 Å². The average Bonchev–Trinajstić information content (AvgIpc) is 3.58. The predicted octanol–water partition coefficient (Wildman–Crippen LogP) is 11.8. The summed E-state index contributed by atoms with van der Waals surface area (Å²) in [5.41, 5.74) is 11.6. The maximum Gasteiger partial charge on any atom is 0.164 e. The van der Waals surface area contributed by atoms with Crippen molar-refractivity contribution in [1.29, 1.82) is 0 Å². The highest BCUT2D eigenvalue weighted by atomic mass is 16.3. The summed E-state index contributed by atoms with van der Waals surface area (Å²) < 4.78 is 6.20. The SMILES string of the molecule is C1=CCCC(c2ccc(-c3nc(-c4ccc(-c5ccccc5)cc4)nc(-c4cccc(-c5cccc6oc7ccccc7c56)c4)n3)cc2)=C1. The van der Waals surface area contributed by atoms with Crippen LogP contribution in [0.3, 0.4) is 0 Å². The Kier molecular flexibility index (Phi) is 7.25. The fourth-order valence-electron chi connectivity index (χ4n) is 6.72. The molecular weight excluding hydrogens is 599 g/mol. The van der Waals surface area contributed by atoms with E-state index in [1.807, 2.05) is 30.3 Å². The molecule has 0 saturated carbocycles. The lowest BCUT2D eigenvalue weighted by Crippen LogP contribution is -2.00. The van der Waals surface area contributed by atoms with E-state index in [2.05, 4.69) is 133 Å². The lowest BCUT2D eigenvalue weighted by atomic mass is 9.96. The number of hydrogen-bond acceptors (Lipinski definition) is 4. The normalized spacial score (nSPS) is 12.8. The maximum atomic E-state index is 6.20. The van der Waals surface area contributed by atoms with Crippen LogP contribution in [0.2, 0.25) is 0 Å². The van der Waals surface area contributed by atoms with Crippen LogP contribution < -0.4 is 0 Å². The number of benzene rings is 6. The molecule has 1 aliphatic rings. The molecule has 0 N–H and O–H groups in total. The van der Waals surface area contributed by atoms with Gasteiger partial charge in [-0.15, -0.1) is 0 Å². The van der Waals surface area contributed by atoms with Gasteiger partial charge in [0.15, 0.2) is 17.5 Å². The summed E-state index contributed by atoms with van der Waals surface area (Å²) in [7, 11) is 0. The Hall–Kier alpha value is -6.39. The fraction of sp³-hybridized carbons (Fsp3) is 0.0444. The maximum absolute atomic E-state index is 6.20. The van der Waals surface area contributed by atoms with E-state index >= 15 is 0 Å². The summed E-state index contributed by atoms with van der Waals surface area (Å²) in [6, 6.07) is 50.3. The molecular formula is C45H31N3O. The number of nitrogens with zero attached hydrogens (tertiary/aromatic N) is 3. The molecule has 4 heteroatoms. The minimum absolute atomic E-state index is 0.627. The van der Waals surface area contributed by atoms with Gasteiger partial charge in [0.2, 0.25) is 0 Å². The third kappa shape index (κ3) is 5.53. The predicted molar refractivity (Wildman–Crippen MR) is 201 cm³/mol. The molecule has 232 valence electrons. The lowest BCUT2D eigenvalue weighted by molar-refractivity contribution is 0.669. The first-order chi connectivity index (χ1) is 24.3.